The van der Waals surface area contributed by atoms with Crippen LogP contribution in [0.25, 0.3) is 0 Å². The fourth-order valence-electron chi connectivity index (χ4n) is 1.71. The molecule has 0 saturated heterocycles. The van der Waals surface area contributed by atoms with Crippen molar-refractivity contribution in [2.45, 2.75) is 54.4 Å². The van der Waals surface area contributed by atoms with Crippen molar-refractivity contribution in [1.82, 2.24) is 10.6 Å². The molecule has 0 aromatic carbocycles. The van der Waals surface area contributed by atoms with Crippen LogP contribution in [0.3, 0.4) is 0 Å². The van der Waals surface area contributed by atoms with Crippen LogP contribution in [-0.4, -0.2) is 30.2 Å². The molecule has 3 N–H and O–H groups in total. The molecule has 20 heavy (non-hydrogen) atoms. The third-order valence-corrected chi connectivity index (χ3v) is 3.40. The zero-order valence-corrected chi connectivity index (χ0v) is 13.7. The largest absolute Gasteiger partial charge is 0.481 e. The van der Waals surface area contributed by atoms with Crippen molar-refractivity contribution in [3.63, 3.8) is 0 Å². The van der Waals surface area contributed by atoms with E-state index in [1.54, 1.807) is 0 Å². The van der Waals surface area contributed by atoms with Crippen LogP contribution in [0.1, 0.15) is 54.4 Å². The summed E-state index contributed by atoms with van der Waals surface area (Å²) in [6.45, 7) is 12.9. The van der Waals surface area contributed by atoms with Crippen LogP contribution in [0.15, 0.2) is 0 Å². The maximum absolute atomic E-state index is 11.7. The van der Waals surface area contributed by atoms with Gasteiger partial charge in [-0.1, -0.05) is 41.5 Å². The molecule has 0 aliphatic heterocycles. The molecular formula is C15H30N2O3. The normalized spacial score (nSPS) is 13.7. The van der Waals surface area contributed by atoms with Gasteiger partial charge in [0.25, 0.3) is 0 Å². The zero-order chi connectivity index (χ0) is 16.0. The Morgan fingerprint density at radius 2 is 1.65 bits per heavy atom. The Balaban J connectivity index is 4.23. The Morgan fingerprint density at radius 1 is 1.10 bits per heavy atom. The summed E-state index contributed by atoms with van der Waals surface area (Å²) >= 11 is 0. The number of amides is 2. The standard InChI is InChI=1S/C15H30N2O3/c1-7-15(5,6)10-17-13(20)16-9-11(12(18)19)8-14(2,3)4/h11H,7-10H2,1-6H3,(H,18,19)(H2,16,17,20). The van der Waals surface area contributed by atoms with E-state index in [4.69, 9.17) is 0 Å². The lowest BCUT2D eigenvalue weighted by atomic mass is 9.84. The summed E-state index contributed by atoms with van der Waals surface area (Å²) in [5.74, 6) is -1.42. The summed E-state index contributed by atoms with van der Waals surface area (Å²) in [7, 11) is 0. The van der Waals surface area contributed by atoms with Crippen LogP contribution in [0.2, 0.25) is 0 Å². The average Bonchev–Trinajstić information content (AvgIpc) is 2.30. The van der Waals surface area contributed by atoms with Crippen LogP contribution in [-0.2, 0) is 4.79 Å². The highest BCUT2D eigenvalue weighted by Gasteiger charge is 2.25. The number of carbonyl (C=O) groups excluding carboxylic acids is 1. The quantitative estimate of drug-likeness (QED) is 0.673. The fourth-order valence-corrected chi connectivity index (χ4v) is 1.71. The number of carboxylic acids is 1. The zero-order valence-electron chi connectivity index (χ0n) is 13.7. The molecule has 0 aromatic heterocycles. The SMILES string of the molecule is CCC(C)(C)CNC(=O)NCC(CC(C)(C)C)C(=O)O. The van der Waals surface area contributed by atoms with E-state index in [2.05, 4.69) is 31.4 Å². The summed E-state index contributed by atoms with van der Waals surface area (Å²) in [6.07, 6.45) is 1.50. The van der Waals surface area contributed by atoms with Crippen LogP contribution in [0, 0.1) is 16.7 Å². The number of rotatable bonds is 7. The number of urea groups is 1. The molecule has 0 saturated carbocycles. The lowest BCUT2D eigenvalue weighted by Crippen LogP contribution is -2.43. The molecule has 0 aliphatic carbocycles. The average molecular weight is 286 g/mol. The molecule has 1 unspecified atom stereocenters. The van der Waals surface area contributed by atoms with E-state index in [1.807, 2.05) is 20.8 Å². The van der Waals surface area contributed by atoms with Crippen molar-refractivity contribution in [2.75, 3.05) is 13.1 Å². The predicted molar refractivity (Wildman–Crippen MR) is 80.7 cm³/mol. The highest BCUT2D eigenvalue weighted by molar-refractivity contribution is 5.75. The second-order valence-electron chi connectivity index (χ2n) is 7.38. The van der Waals surface area contributed by atoms with E-state index < -0.39 is 11.9 Å². The maximum atomic E-state index is 11.7. The number of hydrogen-bond acceptors (Lipinski definition) is 2. The van der Waals surface area contributed by atoms with Crippen molar-refractivity contribution in [1.29, 1.82) is 0 Å². The van der Waals surface area contributed by atoms with Crippen molar-refractivity contribution in [3.05, 3.63) is 0 Å². The molecule has 1 atom stereocenters. The molecule has 0 rings (SSSR count). The molecule has 5 nitrogen and oxygen atoms in total. The van der Waals surface area contributed by atoms with Crippen molar-refractivity contribution >= 4 is 12.0 Å². The Kier molecular flexibility index (Phi) is 7.03. The van der Waals surface area contributed by atoms with Crippen molar-refractivity contribution in [3.8, 4) is 0 Å². The molecule has 0 aromatic rings. The van der Waals surface area contributed by atoms with Gasteiger partial charge >= 0.3 is 12.0 Å². The highest BCUT2D eigenvalue weighted by Crippen LogP contribution is 2.24. The van der Waals surface area contributed by atoms with Gasteiger partial charge < -0.3 is 15.7 Å². The smallest absolute Gasteiger partial charge is 0.314 e. The number of carboxylic acid groups (broad SMARTS) is 1. The maximum Gasteiger partial charge on any atom is 0.314 e. The van der Waals surface area contributed by atoms with Crippen LogP contribution in [0.4, 0.5) is 4.79 Å². The Labute approximate surface area is 122 Å². The number of carbonyl (C=O) groups is 2. The van der Waals surface area contributed by atoms with Gasteiger partial charge in [0.1, 0.15) is 0 Å². The molecule has 2 amide bonds. The van der Waals surface area contributed by atoms with E-state index in [-0.39, 0.29) is 23.4 Å². The minimum absolute atomic E-state index is 0.0505. The van der Waals surface area contributed by atoms with Gasteiger partial charge in [-0.2, -0.15) is 0 Å². The minimum atomic E-state index is -0.867. The van der Waals surface area contributed by atoms with Gasteiger partial charge in [-0.05, 0) is 23.7 Å². The van der Waals surface area contributed by atoms with Gasteiger partial charge in [-0.3, -0.25) is 4.79 Å². The summed E-state index contributed by atoms with van der Waals surface area (Å²) in [5.41, 5.74) is -0.0274. The Hall–Kier alpha value is -1.26. The van der Waals surface area contributed by atoms with E-state index in [1.165, 1.54) is 0 Å². The molecular weight excluding hydrogens is 256 g/mol. The Bertz CT molecular complexity index is 333. The summed E-state index contributed by atoms with van der Waals surface area (Å²) < 4.78 is 0. The van der Waals surface area contributed by atoms with Crippen molar-refractivity contribution < 1.29 is 14.7 Å². The van der Waals surface area contributed by atoms with Gasteiger partial charge in [0, 0.05) is 13.1 Å². The van der Waals surface area contributed by atoms with Gasteiger partial charge in [-0.25, -0.2) is 4.79 Å². The van der Waals surface area contributed by atoms with E-state index in [0.29, 0.717) is 13.0 Å². The molecule has 5 heteroatoms. The lowest BCUT2D eigenvalue weighted by molar-refractivity contribution is -0.142. The third kappa shape index (κ3) is 8.77. The monoisotopic (exact) mass is 286 g/mol. The first-order valence-corrected chi connectivity index (χ1v) is 7.21. The molecule has 0 aliphatic rings. The van der Waals surface area contributed by atoms with Crippen molar-refractivity contribution in [2.24, 2.45) is 16.7 Å². The van der Waals surface area contributed by atoms with E-state index >= 15 is 0 Å². The summed E-state index contributed by atoms with van der Waals surface area (Å²) in [5, 5.41) is 14.6. The first-order valence-electron chi connectivity index (χ1n) is 7.21. The predicted octanol–water partition coefficient (Wildman–Crippen LogP) is 2.86. The molecule has 0 bridgehead atoms. The molecule has 0 heterocycles. The molecule has 0 spiro atoms. The van der Waals surface area contributed by atoms with Gasteiger partial charge in [-0.15, -0.1) is 0 Å². The second kappa shape index (κ2) is 7.50. The van der Waals surface area contributed by atoms with Gasteiger partial charge in [0.2, 0.25) is 0 Å². The fraction of sp³-hybridized carbons (Fsp3) is 0.867. The lowest BCUT2D eigenvalue weighted by Gasteiger charge is -2.25. The van der Waals surface area contributed by atoms with E-state index in [9.17, 15) is 14.7 Å². The van der Waals surface area contributed by atoms with Gasteiger partial charge in [0.15, 0.2) is 0 Å². The highest BCUT2D eigenvalue weighted by atomic mass is 16.4. The van der Waals surface area contributed by atoms with Crippen LogP contribution in [0.5, 0.6) is 0 Å². The number of hydrogen-bond donors (Lipinski definition) is 3. The molecule has 118 valence electrons. The summed E-state index contributed by atoms with van der Waals surface area (Å²) in [4.78, 5) is 22.9. The van der Waals surface area contributed by atoms with Gasteiger partial charge in [0.05, 0.1) is 5.92 Å². The second-order valence-corrected chi connectivity index (χ2v) is 7.38. The van der Waals surface area contributed by atoms with E-state index in [0.717, 1.165) is 6.42 Å². The Morgan fingerprint density at radius 3 is 2.05 bits per heavy atom. The first kappa shape index (κ1) is 18.7. The minimum Gasteiger partial charge on any atom is -0.481 e. The van der Waals surface area contributed by atoms with Crippen LogP contribution >= 0.6 is 0 Å². The number of aliphatic carboxylic acids is 1. The number of nitrogens with one attached hydrogen (secondary N) is 2. The summed E-state index contributed by atoms with van der Waals surface area (Å²) in [6, 6.07) is -0.299. The molecule has 0 fully saturated rings. The van der Waals surface area contributed by atoms with Crippen LogP contribution < -0.4 is 10.6 Å². The third-order valence-electron chi connectivity index (χ3n) is 3.40. The molecule has 0 radical (unpaired) electrons. The first-order chi connectivity index (χ1) is 8.97. The topological polar surface area (TPSA) is 78.4 Å².